The van der Waals surface area contributed by atoms with Crippen LogP contribution in [0.3, 0.4) is 0 Å². The van der Waals surface area contributed by atoms with Gasteiger partial charge in [0.15, 0.2) is 11.6 Å². The number of hydrogen-bond donors (Lipinski definition) is 2. The second-order valence-electron chi connectivity index (χ2n) is 5.76. The first kappa shape index (κ1) is 15.7. The summed E-state index contributed by atoms with van der Waals surface area (Å²) in [7, 11) is 0. The molecule has 0 fully saturated rings. The zero-order valence-electron chi connectivity index (χ0n) is 13.4. The second-order valence-corrected chi connectivity index (χ2v) is 5.76. The first-order chi connectivity index (χ1) is 12.6. The SMILES string of the molecule is O=C1C(C=NN=CC2=C(O)c3ccccc3C2=O)=C(O)c2ccccc21. The van der Waals surface area contributed by atoms with Gasteiger partial charge in [0.05, 0.1) is 23.6 Å². The summed E-state index contributed by atoms with van der Waals surface area (Å²) in [5.74, 6) is -1.00. The summed E-state index contributed by atoms with van der Waals surface area (Å²) in [6, 6.07) is 13.4. The maximum Gasteiger partial charge on any atom is 0.199 e. The fourth-order valence-electron chi connectivity index (χ4n) is 2.99. The van der Waals surface area contributed by atoms with Gasteiger partial charge in [0.25, 0.3) is 0 Å². The number of Topliss-reactive ketones (excluding diaryl/α,β-unsaturated/α-hetero) is 2. The van der Waals surface area contributed by atoms with Gasteiger partial charge in [0, 0.05) is 22.3 Å². The molecule has 0 aromatic heterocycles. The van der Waals surface area contributed by atoms with Crippen molar-refractivity contribution in [1.29, 1.82) is 0 Å². The zero-order chi connectivity index (χ0) is 18.3. The Labute approximate surface area is 148 Å². The predicted molar refractivity (Wildman–Crippen MR) is 97.6 cm³/mol. The van der Waals surface area contributed by atoms with E-state index in [0.29, 0.717) is 22.3 Å². The molecule has 2 N–H and O–H groups in total. The van der Waals surface area contributed by atoms with Crippen LogP contribution in [-0.4, -0.2) is 34.2 Å². The summed E-state index contributed by atoms with van der Waals surface area (Å²) in [4.78, 5) is 24.5. The normalized spacial score (nSPS) is 16.3. The van der Waals surface area contributed by atoms with Crippen molar-refractivity contribution >= 4 is 35.5 Å². The van der Waals surface area contributed by atoms with E-state index in [1.54, 1.807) is 48.5 Å². The van der Waals surface area contributed by atoms with E-state index in [4.69, 9.17) is 0 Å². The van der Waals surface area contributed by atoms with Crippen LogP contribution in [-0.2, 0) is 0 Å². The van der Waals surface area contributed by atoms with Gasteiger partial charge in [-0.3, -0.25) is 9.59 Å². The average molecular weight is 344 g/mol. The number of aliphatic hydroxyl groups excluding tert-OH is 2. The molecule has 0 saturated heterocycles. The first-order valence-corrected chi connectivity index (χ1v) is 7.80. The van der Waals surface area contributed by atoms with E-state index >= 15 is 0 Å². The molecule has 0 atom stereocenters. The number of carbonyl (C=O) groups excluding carboxylic acids is 2. The molecule has 6 nitrogen and oxygen atoms in total. The van der Waals surface area contributed by atoms with Gasteiger partial charge < -0.3 is 10.2 Å². The Morgan fingerprint density at radius 2 is 0.962 bits per heavy atom. The van der Waals surface area contributed by atoms with Crippen LogP contribution in [0.25, 0.3) is 11.5 Å². The second kappa shape index (κ2) is 5.93. The molecule has 0 aliphatic heterocycles. The van der Waals surface area contributed by atoms with Crippen LogP contribution >= 0.6 is 0 Å². The summed E-state index contributed by atoms with van der Waals surface area (Å²) < 4.78 is 0. The van der Waals surface area contributed by atoms with Crippen LogP contribution in [0.5, 0.6) is 0 Å². The van der Waals surface area contributed by atoms with Crippen molar-refractivity contribution in [1.82, 2.24) is 0 Å². The van der Waals surface area contributed by atoms with Gasteiger partial charge >= 0.3 is 0 Å². The lowest BCUT2D eigenvalue weighted by atomic mass is 10.1. The molecule has 6 heteroatoms. The molecule has 0 saturated carbocycles. The molecule has 26 heavy (non-hydrogen) atoms. The highest BCUT2D eigenvalue weighted by Gasteiger charge is 2.29. The van der Waals surface area contributed by atoms with Crippen molar-refractivity contribution in [2.75, 3.05) is 0 Å². The van der Waals surface area contributed by atoms with Crippen LogP contribution in [0, 0.1) is 0 Å². The number of carbonyl (C=O) groups is 2. The monoisotopic (exact) mass is 344 g/mol. The molecule has 2 aromatic rings. The minimum absolute atomic E-state index is 0.0302. The minimum atomic E-state index is -0.344. The number of ketones is 2. The largest absolute Gasteiger partial charge is 0.506 e. The highest BCUT2D eigenvalue weighted by Crippen LogP contribution is 2.31. The van der Waals surface area contributed by atoms with Gasteiger partial charge in [0.2, 0.25) is 0 Å². The van der Waals surface area contributed by atoms with Gasteiger partial charge in [-0.1, -0.05) is 48.5 Å². The van der Waals surface area contributed by atoms with Crippen molar-refractivity contribution in [3.05, 3.63) is 81.9 Å². The third kappa shape index (κ3) is 2.28. The molecule has 4 rings (SSSR count). The molecular weight excluding hydrogens is 332 g/mol. The van der Waals surface area contributed by atoms with Crippen LogP contribution in [0.4, 0.5) is 0 Å². The molecule has 126 valence electrons. The van der Waals surface area contributed by atoms with Gasteiger partial charge in [-0.2, -0.15) is 10.2 Å². The number of aliphatic hydroxyl groups is 2. The molecule has 0 radical (unpaired) electrons. The van der Waals surface area contributed by atoms with E-state index in [1.807, 2.05) is 0 Å². The Bertz CT molecular complexity index is 1000. The maximum absolute atomic E-state index is 12.2. The van der Waals surface area contributed by atoms with Gasteiger partial charge in [-0.15, -0.1) is 0 Å². The molecule has 2 aliphatic rings. The molecule has 2 aliphatic carbocycles. The van der Waals surface area contributed by atoms with Gasteiger partial charge in [0.1, 0.15) is 11.5 Å². The van der Waals surface area contributed by atoms with E-state index in [1.165, 1.54) is 0 Å². The van der Waals surface area contributed by atoms with E-state index in [-0.39, 0.29) is 34.2 Å². The smallest absolute Gasteiger partial charge is 0.199 e. The topological polar surface area (TPSA) is 99.3 Å². The summed E-state index contributed by atoms with van der Waals surface area (Å²) in [6.07, 6.45) is 2.27. The molecule has 0 heterocycles. The number of fused-ring (bicyclic) bond motifs is 2. The molecule has 0 spiro atoms. The first-order valence-electron chi connectivity index (χ1n) is 7.80. The number of benzene rings is 2. The lowest BCUT2D eigenvalue weighted by Gasteiger charge is -1.95. The number of rotatable bonds is 3. The summed E-state index contributed by atoms with van der Waals surface area (Å²) in [5, 5.41) is 27.8. The van der Waals surface area contributed by atoms with Crippen molar-refractivity contribution in [2.24, 2.45) is 10.2 Å². The highest BCUT2D eigenvalue weighted by atomic mass is 16.3. The predicted octanol–water partition coefficient (Wildman–Crippen LogP) is 3.37. The highest BCUT2D eigenvalue weighted by molar-refractivity contribution is 6.31. The Morgan fingerprint density at radius 1 is 0.615 bits per heavy atom. The Morgan fingerprint density at radius 3 is 1.31 bits per heavy atom. The summed E-state index contributed by atoms with van der Waals surface area (Å²) in [5.41, 5.74) is 1.76. The zero-order valence-corrected chi connectivity index (χ0v) is 13.4. The lowest BCUT2D eigenvalue weighted by Crippen LogP contribution is -2.00. The average Bonchev–Trinajstić information content (AvgIpc) is 3.06. The van der Waals surface area contributed by atoms with Crippen LogP contribution in [0.1, 0.15) is 31.8 Å². The van der Waals surface area contributed by atoms with Crippen molar-refractivity contribution in [3.63, 3.8) is 0 Å². The maximum atomic E-state index is 12.2. The summed E-state index contributed by atoms with van der Waals surface area (Å²) >= 11 is 0. The minimum Gasteiger partial charge on any atom is -0.506 e. The number of allylic oxidation sites excluding steroid dienone is 2. The Hall–Kier alpha value is -3.80. The Kier molecular flexibility index (Phi) is 3.58. The van der Waals surface area contributed by atoms with Crippen LogP contribution in [0.2, 0.25) is 0 Å². The number of hydrogen-bond acceptors (Lipinski definition) is 6. The fraction of sp³-hybridized carbons (Fsp3) is 0. The third-order valence-electron chi connectivity index (χ3n) is 4.29. The quantitative estimate of drug-likeness (QED) is 0.658. The molecule has 0 amide bonds. The molecule has 2 aromatic carbocycles. The van der Waals surface area contributed by atoms with Crippen LogP contribution < -0.4 is 0 Å². The fourth-order valence-corrected chi connectivity index (χ4v) is 2.99. The van der Waals surface area contributed by atoms with Gasteiger partial charge in [-0.25, -0.2) is 0 Å². The van der Waals surface area contributed by atoms with Crippen molar-refractivity contribution in [3.8, 4) is 0 Å². The Balaban J connectivity index is 1.58. The summed E-state index contributed by atoms with van der Waals surface area (Å²) in [6.45, 7) is 0. The lowest BCUT2D eigenvalue weighted by molar-refractivity contribution is 0.103. The van der Waals surface area contributed by atoms with E-state index in [0.717, 1.165) is 12.4 Å². The molecule has 0 unspecified atom stereocenters. The molecular formula is C20H12N2O4. The van der Waals surface area contributed by atoms with Gasteiger partial charge in [-0.05, 0) is 0 Å². The van der Waals surface area contributed by atoms with Crippen LogP contribution in [0.15, 0.2) is 69.9 Å². The van der Waals surface area contributed by atoms with E-state index in [9.17, 15) is 19.8 Å². The third-order valence-corrected chi connectivity index (χ3v) is 4.29. The van der Waals surface area contributed by atoms with E-state index < -0.39 is 0 Å². The number of nitrogens with zero attached hydrogens (tertiary/aromatic N) is 2. The van der Waals surface area contributed by atoms with E-state index in [2.05, 4.69) is 10.2 Å². The van der Waals surface area contributed by atoms with Crippen molar-refractivity contribution in [2.45, 2.75) is 0 Å². The standard InChI is InChI=1S/C20H12N2O4/c23-17-11-5-1-2-6-12(11)18(24)15(17)9-21-22-10-16-19(25)13-7-3-4-8-14(13)20(16)26/h1-10,23,25H. The van der Waals surface area contributed by atoms with Crippen molar-refractivity contribution < 1.29 is 19.8 Å². The molecule has 0 bridgehead atoms.